The second-order valence-corrected chi connectivity index (χ2v) is 7.06. The average Bonchev–Trinajstić information content (AvgIpc) is 2.37. The van der Waals surface area contributed by atoms with Crippen LogP contribution in [0.2, 0.25) is 0 Å². The molecule has 2 rings (SSSR count). The zero-order chi connectivity index (χ0) is 18.3. The van der Waals surface area contributed by atoms with Crippen molar-refractivity contribution in [2.45, 2.75) is 38.1 Å². The smallest absolute Gasteiger partial charge is 0.285 e. The molecule has 0 bridgehead atoms. The van der Waals surface area contributed by atoms with Crippen molar-refractivity contribution < 1.29 is 25.8 Å². The number of allylic oxidation sites excluding steroid dienone is 2. The number of rotatable bonds is 3. The standard InChI is InChI=1S/C15H17F3N2O3S/c1-9-6-10(2)14(11(3)7-9)24(21,22)23-13-8-12(15(16,17)18)4-5-20(13)19/h4-8,13H,19H2,1-3H3. The van der Waals surface area contributed by atoms with E-state index in [-0.39, 0.29) is 4.90 Å². The highest BCUT2D eigenvalue weighted by Crippen LogP contribution is 2.31. The lowest BCUT2D eigenvalue weighted by Gasteiger charge is -2.27. The lowest BCUT2D eigenvalue weighted by atomic mass is 10.1. The van der Waals surface area contributed by atoms with E-state index in [4.69, 9.17) is 10.0 Å². The van der Waals surface area contributed by atoms with E-state index >= 15 is 0 Å². The van der Waals surface area contributed by atoms with Crippen LogP contribution in [0.15, 0.2) is 41.0 Å². The normalized spacial score (nSPS) is 18.7. The van der Waals surface area contributed by atoms with Gasteiger partial charge in [-0.3, -0.25) is 5.01 Å². The Labute approximate surface area is 138 Å². The van der Waals surface area contributed by atoms with Gasteiger partial charge in [-0.15, -0.1) is 0 Å². The van der Waals surface area contributed by atoms with Gasteiger partial charge in [0, 0.05) is 6.20 Å². The maximum absolute atomic E-state index is 12.8. The van der Waals surface area contributed by atoms with E-state index in [0.717, 1.165) is 22.8 Å². The van der Waals surface area contributed by atoms with Crippen molar-refractivity contribution in [2.75, 3.05) is 0 Å². The molecule has 0 radical (unpaired) electrons. The third-order valence-corrected chi connectivity index (χ3v) is 5.04. The maximum Gasteiger partial charge on any atom is 0.416 e. The number of alkyl halides is 3. The van der Waals surface area contributed by atoms with Gasteiger partial charge in [0.15, 0.2) is 6.23 Å². The first-order chi connectivity index (χ1) is 10.9. The van der Waals surface area contributed by atoms with Crippen LogP contribution >= 0.6 is 0 Å². The molecule has 1 aromatic rings. The molecule has 5 nitrogen and oxygen atoms in total. The van der Waals surface area contributed by atoms with E-state index in [2.05, 4.69) is 0 Å². The van der Waals surface area contributed by atoms with Gasteiger partial charge in [0.25, 0.3) is 10.1 Å². The Hall–Kier alpha value is -1.84. The van der Waals surface area contributed by atoms with Crippen LogP contribution in [0, 0.1) is 20.8 Å². The van der Waals surface area contributed by atoms with Gasteiger partial charge in [-0.2, -0.15) is 21.6 Å². The van der Waals surface area contributed by atoms with Gasteiger partial charge in [0.1, 0.15) is 0 Å². The molecule has 0 spiro atoms. The third kappa shape index (κ3) is 3.80. The van der Waals surface area contributed by atoms with Crippen LogP contribution in [-0.4, -0.2) is 25.8 Å². The number of benzene rings is 1. The summed E-state index contributed by atoms with van der Waals surface area (Å²) < 4.78 is 68.3. The highest BCUT2D eigenvalue weighted by atomic mass is 32.2. The lowest BCUT2D eigenvalue weighted by Crippen LogP contribution is -2.41. The van der Waals surface area contributed by atoms with Crippen molar-refractivity contribution in [1.29, 1.82) is 0 Å². The summed E-state index contributed by atoms with van der Waals surface area (Å²) in [7, 11) is -4.31. The molecule has 24 heavy (non-hydrogen) atoms. The second kappa shape index (κ2) is 6.23. The Kier molecular flexibility index (Phi) is 4.80. The summed E-state index contributed by atoms with van der Waals surface area (Å²) in [4.78, 5) is -0.0713. The Morgan fingerprint density at radius 1 is 1.17 bits per heavy atom. The van der Waals surface area contributed by atoms with Crippen molar-refractivity contribution >= 4 is 10.1 Å². The molecule has 2 N–H and O–H groups in total. The molecule has 132 valence electrons. The second-order valence-electron chi connectivity index (χ2n) is 5.55. The molecule has 0 amide bonds. The van der Waals surface area contributed by atoms with E-state index in [1.165, 1.54) is 0 Å². The van der Waals surface area contributed by atoms with Crippen molar-refractivity contribution in [3.05, 3.63) is 52.7 Å². The number of aryl methyl sites for hydroxylation is 3. The van der Waals surface area contributed by atoms with Gasteiger partial charge < -0.3 is 0 Å². The van der Waals surface area contributed by atoms with E-state index in [1.807, 2.05) is 6.92 Å². The van der Waals surface area contributed by atoms with Gasteiger partial charge in [0.05, 0.1) is 10.5 Å². The topological polar surface area (TPSA) is 72.6 Å². The Morgan fingerprint density at radius 3 is 2.21 bits per heavy atom. The average molecular weight is 362 g/mol. The van der Waals surface area contributed by atoms with Crippen molar-refractivity contribution in [3.63, 3.8) is 0 Å². The molecule has 1 heterocycles. The molecule has 1 aliphatic rings. The maximum atomic E-state index is 12.8. The first kappa shape index (κ1) is 18.5. The minimum atomic E-state index is -4.63. The number of hydrogen-bond acceptors (Lipinski definition) is 5. The van der Waals surface area contributed by atoms with E-state index in [0.29, 0.717) is 17.2 Å². The zero-order valence-corrected chi connectivity index (χ0v) is 14.1. The summed E-state index contributed by atoms with van der Waals surface area (Å²) in [5, 5.41) is 0.756. The zero-order valence-electron chi connectivity index (χ0n) is 13.3. The number of hydrazine groups is 1. The van der Waals surface area contributed by atoms with Gasteiger partial charge in [0.2, 0.25) is 0 Å². The molecule has 1 aliphatic heterocycles. The van der Waals surface area contributed by atoms with Crippen molar-refractivity contribution in [2.24, 2.45) is 5.84 Å². The summed E-state index contributed by atoms with van der Waals surface area (Å²) in [5.74, 6) is 5.52. The molecule has 0 aliphatic carbocycles. The minimum Gasteiger partial charge on any atom is -0.285 e. The molecule has 0 aromatic heterocycles. The van der Waals surface area contributed by atoms with Crippen LogP contribution in [0.1, 0.15) is 16.7 Å². The third-order valence-electron chi connectivity index (χ3n) is 3.45. The summed E-state index contributed by atoms with van der Waals surface area (Å²) in [6.07, 6.45) is -3.93. The van der Waals surface area contributed by atoms with Gasteiger partial charge in [-0.05, 0) is 44.1 Å². The fraction of sp³-hybridized carbons (Fsp3) is 0.333. The number of halogens is 3. The van der Waals surface area contributed by atoms with Crippen LogP contribution < -0.4 is 5.84 Å². The Balaban J connectivity index is 2.39. The van der Waals surface area contributed by atoms with Gasteiger partial charge in [-0.1, -0.05) is 17.7 Å². The first-order valence-corrected chi connectivity index (χ1v) is 8.34. The number of hydrogen-bond donors (Lipinski definition) is 1. The lowest BCUT2D eigenvalue weighted by molar-refractivity contribution is -0.0904. The number of nitrogens with zero attached hydrogens (tertiary/aromatic N) is 1. The van der Waals surface area contributed by atoms with Crippen LogP contribution in [0.3, 0.4) is 0 Å². The summed E-state index contributed by atoms with van der Waals surface area (Å²) in [6, 6.07) is 3.31. The molecule has 0 saturated heterocycles. The highest BCUT2D eigenvalue weighted by molar-refractivity contribution is 7.86. The van der Waals surface area contributed by atoms with Crippen molar-refractivity contribution in [1.82, 2.24) is 5.01 Å². The van der Waals surface area contributed by atoms with E-state index in [9.17, 15) is 21.6 Å². The van der Waals surface area contributed by atoms with Crippen molar-refractivity contribution in [3.8, 4) is 0 Å². The quantitative estimate of drug-likeness (QED) is 0.661. The SMILES string of the molecule is Cc1cc(C)c(S(=O)(=O)OC2C=C(C(F)(F)F)C=CN2N)c(C)c1. The van der Waals surface area contributed by atoms with Crippen LogP contribution in [0.5, 0.6) is 0 Å². The van der Waals surface area contributed by atoms with Crippen LogP contribution in [0.4, 0.5) is 13.2 Å². The predicted octanol–water partition coefficient (Wildman–Crippen LogP) is 2.83. The Bertz CT molecular complexity index is 791. The Morgan fingerprint density at radius 2 is 1.71 bits per heavy atom. The summed E-state index contributed by atoms with van der Waals surface area (Å²) in [6.45, 7) is 4.99. The van der Waals surface area contributed by atoms with Gasteiger partial charge in [-0.25, -0.2) is 10.0 Å². The molecular formula is C15H17F3N2O3S. The molecule has 0 saturated carbocycles. The molecule has 9 heteroatoms. The first-order valence-electron chi connectivity index (χ1n) is 6.93. The monoisotopic (exact) mass is 362 g/mol. The molecular weight excluding hydrogens is 345 g/mol. The summed E-state index contributed by atoms with van der Waals surface area (Å²) >= 11 is 0. The summed E-state index contributed by atoms with van der Waals surface area (Å²) in [5.41, 5.74) is 0.732. The van der Waals surface area contributed by atoms with E-state index < -0.39 is 28.1 Å². The molecule has 0 fully saturated rings. The van der Waals surface area contributed by atoms with Gasteiger partial charge >= 0.3 is 6.18 Å². The van der Waals surface area contributed by atoms with Crippen LogP contribution in [-0.2, 0) is 14.3 Å². The number of nitrogens with two attached hydrogens (primary N) is 1. The van der Waals surface area contributed by atoms with E-state index in [1.54, 1.807) is 26.0 Å². The molecule has 1 aromatic carbocycles. The highest BCUT2D eigenvalue weighted by Gasteiger charge is 2.36. The minimum absolute atomic E-state index is 0.0713. The largest absolute Gasteiger partial charge is 0.416 e. The predicted molar refractivity (Wildman–Crippen MR) is 82.0 cm³/mol. The van der Waals surface area contributed by atoms with Crippen LogP contribution in [0.25, 0.3) is 0 Å². The fourth-order valence-corrected chi connectivity index (χ4v) is 3.97. The molecule has 1 atom stereocenters. The fourth-order valence-electron chi connectivity index (χ4n) is 2.55. The molecule has 1 unspecified atom stereocenters.